The first kappa shape index (κ1) is 103. The van der Waals surface area contributed by atoms with Gasteiger partial charge < -0.3 is 24.8 Å². The molecule has 30 heteroatoms. The number of anilines is 4. The molecule has 4 aromatic carbocycles. The quantitative estimate of drug-likeness (QED) is 0.00806. The predicted molar refractivity (Wildman–Crippen MR) is 511 cm³/mol. The van der Waals surface area contributed by atoms with Gasteiger partial charge in [-0.1, -0.05) is 135 Å². The van der Waals surface area contributed by atoms with Crippen molar-refractivity contribution in [3.05, 3.63) is 207 Å². The summed E-state index contributed by atoms with van der Waals surface area (Å²) in [6, 6.07) is 39.5. The molecule has 8 aromatic rings. The lowest BCUT2D eigenvalue weighted by atomic mass is 10.0. The van der Waals surface area contributed by atoms with Gasteiger partial charge in [-0.15, -0.1) is 45.3 Å². The average Bonchev–Trinajstić information content (AvgIpc) is 1.66. The largest absolute Gasteiger partial charge is 0.459 e. The number of aliphatic hydroxyl groups excluding tert-OH is 3. The minimum atomic E-state index is -0.607. The number of benzene rings is 4. The highest BCUT2D eigenvalue weighted by atomic mass is 32.1. The van der Waals surface area contributed by atoms with Gasteiger partial charge in [0, 0.05) is 54.2 Å². The predicted octanol–water partition coefficient (Wildman–Crippen LogP) is 20.9. The average molecular weight is 1860 g/mol. The third-order valence-electron chi connectivity index (χ3n) is 22.7. The van der Waals surface area contributed by atoms with Crippen LogP contribution in [-0.2, 0) is 54.3 Å². The Labute approximate surface area is 778 Å². The van der Waals surface area contributed by atoms with E-state index in [4.69, 9.17) is 9.47 Å². The van der Waals surface area contributed by atoms with E-state index in [-0.39, 0.29) is 65.1 Å². The molecule has 0 bridgehead atoms. The number of imide groups is 4. The van der Waals surface area contributed by atoms with Crippen LogP contribution >= 0.6 is 45.3 Å². The van der Waals surface area contributed by atoms with E-state index < -0.39 is 66.6 Å². The molecule has 7 atom stereocenters. The minimum Gasteiger partial charge on any atom is -0.459 e. The SMILES string of the molecule is CCCCCC(=O)c1ccc(N2C(=O)NC(=O)C2CCCc2ccc(C(=O)OC(C)C)s2)cc1.CCCCC[C@H](O)c1ccc(N2C(=O)NC(=O)C2CCCc2ccc(C(=O)OC(C)C)s2)cc1.CCCCC[C@H](O)c1ccc(N2C(=O)NC(=O)[C@@H]2CCCc2ccc(C(C)=O)s2)cc1.CCCCC[C@H](O)c1ccc(N2C(=O)NC(=O)[C@H]2CCCc2ccc(C(C)=O)s2)cc1. The Kier molecular flexibility index (Phi) is 41.0. The topological polar surface area (TPSA) is 362 Å². The van der Waals surface area contributed by atoms with E-state index in [9.17, 15) is 77.6 Å². The summed E-state index contributed by atoms with van der Waals surface area (Å²) in [6.45, 7) is 18.8. The summed E-state index contributed by atoms with van der Waals surface area (Å²) in [5.41, 5.74) is 5.59. The van der Waals surface area contributed by atoms with Gasteiger partial charge in [-0.05, 0) is 270 Å². The highest BCUT2D eigenvalue weighted by Gasteiger charge is 2.43. The van der Waals surface area contributed by atoms with Crippen molar-refractivity contribution in [3.8, 4) is 0 Å². The standard InChI is InChI=1S/C26H34N2O5S.C26H32N2O5S.2C24H30N2O4S/c2*1-4-5-6-10-22(29)18-11-13-19(14-12-18)28-21(24(30)27-26(28)32)9-7-8-20-15-16-23(34-20)25(31)33-17(2)3;2*1-3-4-5-9-21(28)17-10-12-18(13-11-17)26-20(23(29)25-24(26)30)8-6-7-19-14-15-22(31-19)16(2)27/h11-17,21-22,29H,4-10H2,1-3H3,(H,27,30,32);11-17,21H,4-10H2,1-3H3,(H,27,30,32);2*10-15,20-21,28H,3-9H2,1-2H3,(H,25,29,30)/t21?,22-;;20-,21+;20-,21-/m0.10/s1. The summed E-state index contributed by atoms with van der Waals surface area (Å²) in [7, 11) is 0. The molecule has 4 aromatic heterocycles. The molecule has 130 heavy (non-hydrogen) atoms. The van der Waals surface area contributed by atoms with E-state index in [1.807, 2.05) is 100 Å². The number of hydrogen-bond acceptors (Lipinski definition) is 22. The van der Waals surface area contributed by atoms with Gasteiger partial charge in [0.25, 0.3) is 23.6 Å². The number of ether oxygens (including phenoxy) is 2. The zero-order valence-electron chi connectivity index (χ0n) is 76.2. The maximum Gasteiger partial charge on any atom is 0.348 e. The van der Waals surface area contributed by atoms with Crippen molar-refractivity contribution < 1.29 is 87.1 Å². The van der Waals surface area contributed by atoms with E-state index in [1.165, 1.54) is 64.9 Å². The molecular weight excluding hydrogens is 1730 g/mol. The van der Waals surface area contributed by atoms with Gasteiger partial charge in [-0.25, -0.2) is 28.8 Å². The van der Waals surface area contributed by atoms with E-state index in [1.54, 1.807) is 86.6 Å². The lowest BCUT2D eigenvalue weighted by Crippen LogP contribution is -2.35. The van der Waals surface area contributed by atoms with Crippen molar-refractivity contribution in [2.24, 2.45) is 0 Å². The summed E-state index contributed by atoms with van der Waals surface area (Å²) in [5.74, 6) is -1.65. The summed E-state index contributed by atoms with van der Waals surface area (Å²) >= 11 is 5.74. The molecule has 4 aliphatic rings. The normalized spacial score (nSPS) is 16.6. The number of nitrogens with one attached hydrogen (secondary N) is 4. The molecule has 698 valence electrons. The zero-order chi connectivity index (χ0) is 94.1. The molecular formula is C100H126N8O18S4. The molecule has 4 fully saturated rings. The van der Waals surface area contributed by atoms with E-state index >= 15 is 0 Å². The number of Topliss-reactive ketones (excluding diaryl/α,β-unsaturated/α-hetero) is 3. The Bertz CT molecular complexity index is 4960. The molecule has 0 radical (unpaired) electrons. The number of esters is 2. The number of hydrogen-bond donors (Lipinski definition) is 7. The Hall–Kier alpha value is -10.7. The minimum absolute atomic E-state index is 0.0575. The van der Waals surface area contributed by atoms with Crippen molar-refractivity contribution in [1.82, 2.24) is 21.3 Å². The molecule has 4 saturated heterocycles. The summed E-state index contributed by atoms with van der Waals surface area (Å²) in [6.07, 6.45) is 21.0. The summed E-state index contributed by atoms with van der Waals surface area (Å²) in [5, 5.41) is 40.7. The first-order chi connectivity index (χ1) is 62.4. The molecule has 7 N–H and O–H groups in total. The van der Waals surface area contributed by atoms with Crippen molar-refractivity contribution in [3.63, 3.8) is 0 Å². The number of carbonyl (C=O) groups is 13. The Morgan fingerprint density at radius 3 is 0.823 bits per heavy atom. The van der Waals surface area contributed by atoms with Crippen molar-refractivity contribution in [2.45, 2.75) is 304 Å². The van der Waals surface area contributed by atoms with Gasteiger partial charge in [0.15, 0.2) is 17.3 Å². The second-order valence-electron chi connectivity index (χ2n) is 33.6. The van der Waals surface area contributed by atoms with E-state index in [0.717, 1.165) is 149 Å². The molecule has 26 nitrogen and oxygen atoms in total. The Morgan fingerprint density at radius 1 is 0.331 bits per heavy atom. The van der Waals surface area contributed by atoms with Gasteiger partial charge in [0.2, 0.25) is 0 Å². The third-order valence-corrected chi connectivity index (χ3v) is 27.4. The van der Waals surface area contributed by atoms with Crippen LogP contribution in [0.4, 0.5) is 41.9 Å². The molecule has 4 aliphatic heterocycles. The number of unbranched alkanes of at least 4 members (excludes halogenated alkanes) is 8. The number of aliphatic hydroxyl groups is 3. The van der Waals surface area contributed by atoms with Gasteiger partial charge >= 0.3 is 36.1 Å². The van der Waals surface area contributed by atoms with Crippen LogP contribution in [0.15, 0.2) is 146 Å². The number of rotatable bonds is 46. The van der Waals surface area contributed by atoms with Crippen LogP contribution in [0, 0.1) is 0 Å². The van der Waals surface area contributed by atoms with Gasteiger partial charge in [-0.2, -0.15) is 0 Å². The van der Waals surface area contributed by atoms with Gasteiger partial charge in [0.1, 0.15) is 33.9 Å². The summed E-state index contributed by atoms with van der Waals surface area (Å²) < 4.78 is 10.5. The molecule has 0 saturated carbocycles. The van der Waals surface area contributed by atoms with Crippen LogP contribution < -0.4 is 40.9 Å². The second-order valence-corrected chi connectivity index (χ2v) is 38.3. The first-order valence-corrected chi connectivity index (χ1v) is 49.0. The fraction of sp³-hybridized carbons (Fsp3) is 0.470. The molecule has 0 spiro atoms. The van der Waals surface area contributed by atoms with Crippen LogP contribution in [-0.4, -0.2) is 129 Å². The highest BCUT2D eigenvalue weighted by Crippen LogP contribution is 2.35. The number of nitrogens with zero attached hydrogens (tertiary/aromatic N) is 4. The fourth-order valence-corrected chi connectivity index (χ4v) is 19.4. The van der Waals surface area contributed by atoms with Crippen LogP contribution in [0.25, 0.3) is 0 Å². The van der Waals surface area contributed by atoms with Crippen LogP contribution in [0.2, 0.25) is 0 Å². The number of urea groups is 4. The maximum atomic E-state index is 12.5. The maximum absolute atomic E-state index is 12.5. The zero-order valence-corrected chi connectivity index (χ0v) is 79.5. The van der Waals surface area contributed by atoms with Gasteiger partial charge in [-0.3, -0.25) is 74.4 Å². The number of ketones is 3. The second kappa shape index (κ2) is 51.8. The van der Waals surface area contributed by atoms with E-state index in [2.05, 4.69) is 49.0 Å². The van der Waals surface area contributed by atoms with Crippen LogP contribution in [0.1, 0.15) is 327 Å². The van der Waals surface area contributed by atoms with Crippen molar-refractivity contribution in [2.75, 3.05) is 19.6 Å². The molecule has 2 unspecified atom stereocenters. The van der Waals surface area contributed by atoms with Gasteiger partial charge in [0.05, 0.1) is 40.3 Å². The number of thiophene rings is 4. The van der Waals surface area contributed by atoms with Crippen LogP contribution in [0.5, 0.6) is 0 Å². The molecule has 8 heterocycles. The Balaban J connectivity index is 0.000000195. The smallest absolute Gasteiger partial charge is 0.348 e. The van der Waals surface area contributed by atoms with Crippen LogP contribution in [0.3, 0.4) is 0 Å². The van der Waals surface area contributed by atoms with E-state index in [0.29, 0.717) is 115 Å². The molecule has 12 rings (SSSR count). The van der Waals surface area contributed by atoms with Crippen molar-refractivity contribution in [1.29, 1.82) is 0 Å². The number of aryl methyl sites for hydroxylation is 4. The summed E-state index contributed by atoms with van der Waals surface area (Å²) in [4.78, 5) is 172. The van der Waals surface area contributed by atoms with Crippen molar-refractivity contribution >= 4 is 145 Å². The fourth-order valence-electron chi connectivity index (χ4n) is 15.7. The first-order valence-electron chi connectivity index (χ1n) is 45.7. The lowest BCUT2D eigenvalue weighted by Gasteiger charge is -2.22. The molecule has 0 aliphatic carbocycles. The number of amides is 12. The molecule has 12 amide bonds. The highest BCUT2D eigenvalue weighted by molar-refractivity contribution is 7.15. The third kappa shape index (κ3) is 30.2. The lowest BCUT2D eigenvalue weighted by molar-refractivity contribution is -0.120. The number of carbonyl (C=O) groups excluding carboxylic acids is 13. The monoisotopic (exact) mass is 1850 g/mol. The Morgan fingerprint density at radius 2 is 0.577 bits per heavy atom.